The standard InChI is InChI=1S/C48H79N3O16P2/c1-3-5-7-9-11-13-14-15-16-18-20-24-29-33-44(54)65-40(36-62-43(53)32-28-25-21-23-27-31-39(52)30-26-22-19-17-12-10-8-6-4-2)37-63-68(58,59)67-69(60,61)64-38-41-45(55)46(56)47(66-41)51-35-34-42(49)50-48(51)57/h12-14,17,21-23,26-27,31,34-35,39-41,45-47,52,55-56H,3-11,15-16,18-20,24-25,28-30,32-33,36-38H2,1-2H3,(H,58,59)(H,60,61)(H2,49,50,57)/b14-13-,17-12-,23-21+,26-22-,31-27-/t39?,40-,41-,45-,46-,47-/m1/s1. The fourth-order valence-electron chi connectivity index (χ4n) is 6.79. The van der Waals surface area contributed by atoms with Gasteiger partial charge < -0.3 is 45.1 Å². The predicted molar refractivity (Wildman–Crippen MR) is 262 cm³/mol. The summed E-state index contributed by atoms with van der Waals surface area (Å²) in [6.45, 7) is 1.94. The highest BCUT2D eigenvalue weighted by Gasteiger charge is 2.46. The summed E-state index contributed by atoms with van der Waals surface area (Å²) in [6.07, 6.45) is 30.5. The summed E-state index contributed by atoms with van der Waals surface area (Å²) >= 11 is 0. The van der Waals surface area contributed by atoms with E-state index in [9.17, 15) is 48.6 Å². The Morgan fingerprint density at radius 2 is 1.36 bits per heavy atom. The van der Waals surface area contributed by atoms with Gasteiger partial charge in [0.2, 0.25) is 0 Å². The number of allylic oxidation sites excluding steroid dienone is 8. The minimum atomic E-state index is -5.45. The number of aromatic nitrogens is 2. The third kappa shape index (κ3) is 29.4. The van der Waals surface area contributed by atoms with Gasteiger partial charge in [0.25, 0.3) is 0 Å². The van der Waals surface area contributed by atoms with Crippen LogP contribution in [0.4, 0.5) is 5.82 Å². The predicted octanol–water partition coefficient (Wildman–Crippen LogP) is 8.52. The van der Waals surface area contributed by atoms with Crippen LogP contribution in [0.15, 0.2) is 77.8 Å². The highest BCUT2D eigenvalue weighted by atomic mass is 31.3. The van der Waals surface area contributed by atoms with E-state index in [0.29, 0.717) is 25.7 Å². The van der Waals surface area contributed by atoms with Crippen molar-refractivity contribution in [2.24, 2.45) is 0 Å². The number of nitrogens with two attached hydrogens (primary N) is 1. The molecule has 3 unspecified atom stereocenters. The molecule has 1 fully saturated rings. The molecule has 1 aromatic rings. The number of aliphatic hydroxyl groups excluding tert-OH is 3. The number of rotatable bonds is 39. The van der Waals surface area contributed by atoms with Crippen LogP contribution in [0.2, 0.25) is 0 Å². The minimum absolute atomic E-state index is 0.00849. The summed E-state index contributed by atoms with van der Waals surface area (Å²) in [4.78, 5) is 61.8. The summed E-state index contributed by atoms with van der Waals surface area (Å²) < 4.78 is 56.5. The molecule has 392 valence electrons. The first-order valence-corrected chi connectivity index (χ1v) is 27.4. The molecule has 0 spiro atoms. The minimum Gasteiger partial charge on any atom is -0.462 e. The molecule has 69 heavy (non-hydrogen) atoms. The van der Waals surface area contributed by atoms with Crippen molar-refractivity contribution in [3.63, 3.8) is 0 Å². The number of ether oxygens (including phenoxy) is 3. The molecular formula is C48H79N3O16P2. The van der Waals surface area contributed by atoms with E-state index >= 15 is 0 Å². The molecule has 19 nitrogen and oxygen atoms in total. The molecule has 0 radical (unpaired) electrons. The van der Waals surface area contributed by atoms with Gasteiger partial charge in [-0.3, -0.25) is 23.2 Å². The van der Waals surface area contributed by atoms with Crippen LogP contribution in [0.25, 0.3) is 0 Å². The number of esters is 2. The van der Waals surface area contributed by atoms with E-state index in [1.165, 1.54) is 51.0 Å². The third-order valence-corrected chi connectivity index (χ3v) is 13.3. The molecule has 1 aliphatic heterocycles. The van der Waals surface area contributed by atoms with Crippen molar-refractivity contribution >= 4 is 33.4 Å². The van der Waals surface area contributed by atoms with E-state index in [1.54, 1.807) is 18.2 Å². The number of phosphoric acid groups is 2. The van der Waals surface area contributed by atoms with Crippen LogP contribution >= 0.6 is 15.6 Å². The summed E-state index contributed by atoms with van der Waals surface area (Å²) in [5, 5.41) is 31.1. The van der Waals surface area contributed by atoms with E-state index in [4.69, 9.17) is 29.0 Å². The van der Waals surface area contributed by atoms with Gasteiger partial charge in [-0.1, -0.05) is 126 Å². The van der Waals surface area contributed by atoms with Gasteiger partial charge in [0.05, 0.1) is 19.3 Å². The molecule has 1 aliphatic rings. The van der Waals surface area contributed by atoms with Gasteiger partial charge in [0, 0.05) is 19.0 Å². The molecule has 2 heterocycles. The first kappa shape index (κ1) is 61.5. The zero-order chi connectivity index (χ0) is 50.8. The number of anilines is 1. The van der Waals surface area contributed by atoms with Crippen LogP contribution in [0.1, 0.15) is 155 Å². The van der Waals surface area contributed by atoms with E-state index in [2.05, 4.69) is 47.4 Å². The summed E-state index contributed by atoms with van der Waals surface area (Å²) in [5.74, 6) is -1.45. The Balaban J connectivity index is 1.87. The summed E-state index contributed by atoms with van der Waals surface area (Å²) in [7, 11) is -10.9. The molecule has 1 aromatic heterocycles. The molecule has 7 N–H and O–H groups in total. The molecule has 1 saturated heterocycles. The topological polar surface area (TPSA) is 286 Å². The van der Waals surface area contributed by atoms with Crippen LogP contribution in [-0.2, 0) is 46.3 Å². The number of carbonyl (C=O) groups excluding carboxylic acids is 2. The molecular weight excluding hydrogens is 936 g/mol. The SMILES string of the molecule is CCCCC/C=C\C/C=C\CC(O)/C=C\C=C\CCCC(=O)OC[C@H](COP(=O)(O)OP(=O)(O)OC[C@H]1O[C@@H](n2ccc(N)nc2=O)[C@H](O)[C@@H]1O)OC(=O)CCCCCCC/C=C\CCCCCC. The lowest BCUT2D eigenvalue weighted by molar-refractivity contribution is -0.161. The normalized spacial score (nSPS) is 20.3. The van der Waals surface area contributed by atoms with Gasteiger partial charge in [0.15, 0.2) is 12.3 Å². The second-order valence-corrected chi connectivity index (χ2v) is 19.8. The van der Waals surface area contributed by atoms with Crippen molar-refractivity contribution in [2.75, 3.05) is 25.6 Å². The molecule has 0 amide bonds. The van der Waals surface area contributed by atoms with E-state index in [1.807, 2.05) is 18.2 Å². The Morgan fingerprint density at radius 1 is 0.768 bits per heavy atom. The maximum Gasteiger partial charge on any atom is 0.481 e. The molecule has 0 aromatic carbocycles. The largest absolute Gasteiger partial charge is 0.481 e. The number of nitrogen functional groups attached to an aromatic ring is 1. The third-order valence-electron chi connectivity index (χ3n) is 10.7. The van der Waals surface area contributed by atoms with Crippen molar-refractivity contribution in [3.8, 4) is 0 Å². The highest BCUT2D eigenvalue weighted by Crippen LogP contribution is 2.60. The first-order chi connectivity index (χ1) is 33.1. The average Bonchev–Trinajstić information content (AvgIpc) is 3.58. The van der Waals surface area contributed by atoms with Crippen LogP contribution in [-0.4, -0.2) is 96.9 Å². The number of hydrogen-bond donors (Lipinski definition) is 6. The zero-order valence-corrected chi connectivity index (χ0v) is 42.2. The lowest BCUT2D eigenvalue weighted by Gasteiger charge is -2.21. The number of unbranched alkanes of at least 4 members (excludes halogenated alkanes) is 13. The maximum atomic E-state index is 12.8. The van der Waals surface area contributed by atoms with E-state index in [-0.39, 0.29) is 18.7 Å². The number of aliphatic hydroxyl groups is 3. The van der Waals surface area contributed by atoms with Gasteiger partial charge in [-0.05, 0) is 76.7 Å². The Hall–Kier alpha value is -3.58. The van der Waals surface area contributed by atoms with Gasteiger partial charge >= 0.3 is 33.3 Å². The van der Waals surface area contributed by atoms with Gasteiger partial charge in [-0.2, -0.15) is 9.29 Å². The lowest BCUT2D eigenvalue weighted by atomic mass is 10.1. The first-order valence-electron chi connectivity index (χ1n) is 24.4. The van der Waals surface area contributed by atoms with Gasteiger partial charge in [0.1, 0.15) is 30.7 Å². The van der Waals surface area contributed by atoms with Crippen molar-refractivity contribution in [3.05, 3.63) is 83.5 Å². The van der Waals surface area contributed by atoms with Crippen molar-refractivity contribution in [2.45, 2.75) is 185 Å². The lowest BCUT2D eigenvalue weighted by Crippen LogP contribution is -2.36. The number of carbonyl (C=O) groups is 2. The molecule has 0 saturated carbocycles. The molecule has 0 aliphatic carbocycles. The fourth-order valence-corrected chi connectivity index (χ4v) is 8.90. The molecule has 21 heteroatoms. The maximum absolute atomic E-state index is 12.8. The molecule has 8 atom stereocenters. The van der Waals surface area contributed by atoms with Gasteiger partial charge in [-0.25, -0.2) is 13.9 Å². The van der Waals surface area contributed by atoms with Gasteiger partial charge in [-0.15, -0.1) is 0 Å². The van der Waals surface area contributed by atoms with Crippen LogP contribution < -0.4 is 11.4 Å². The smallest absolute Gasteiger partial charge is 0.462 e. The average molecular weight is 1020 g/mol. The Bertz CT molecular complexity index is 1910. The highest BCUT2D eigenvalue weighted by molar-refractivity contribution is 7.61. The summed E-state index contributed by atoms with van der Waals surface area (Å²) in [6, 6.07) is 1.24. The Labute approximate surface area is 407 Å². The zero-order valence-electron chi connectivity index (χ0n) is 40.5. The molecule has 0 bridgehead atoms. The van der Waals surface area contributed by atoms with Crippen molar-refractivity contribution in [1.29, 1.82) is 0 Å². The number of hydrogen-bond acceptors (Lipinski definition) is 16. The quantitative estimate of drug-likeness (QED) is 0.0118. The van der Waals surface area contributed by atoms with Crippen LogP contribution in [0, 0.1) is 0 Å². The molecule has 2 rings (SSSR count). The Morgan fingerprint density at radius 3 is 2.07 bits per heavy atom. The van der Waals surface area contributed by atoms with E-state index in [0.717, 1.165) is 62.1 Å². The van der Waals surface area contributed by atoms with Crippen LogP contribution in [0.5, 0.6) is 0 Å². The van der Waals surface area contributed by atoms with Crippen LogP contribution in [0.3, 0.4) is 0 Å². The second kappa shape index (κ2) is 36.4. The number of phosphoric ester groups is 2. The van der Waals surface area contributed by atoms with Crippen molar-refractivity contribution < 1.29 is 71.4 Å². The number of nitrogens with zero attached hydrogens (tertiary/aromatic N) is 2. The summed E-state index contributed by atoms with van der Waals surface area (Å²) in [5.41, 5.74) is 4.57. The monoisotopic (exact) mass is 1020 g/mol. The Kier molecular flexibility index (Phi) is 32.4. The second-order valence-electron chi connectivity index (χ2n) is 16.8. The fraction of sp³-hybridized carbons (Fsp3) is 0.667. The van der Waals surface area contributed by atoms with E-state index < -0.39 is 89.8 Å². The van der Waals surface area contributed by atoms with Crippen molar-refractivity contribution in [1.82, 2.24) is 9.55 Å².